The minimum absolute atomic E-state index is 0.0279. The molecule has 2 amide bonds. The zero-order valence-corrected chi connectivity index (χ0v) is 21.2. The van der Waals surface area contributed by atoms with Crippen molar-refractivity contribution < 1.29 is 27.5 Å². The standard InChI is InChI=1S/C27H29N3O6S/c1-2-16-29-37(33,34)22-14-12-21(13-15-22)35-19-26(31)30-18-25(36-24-11-7-6-10-23(24)30)27(32)28-17-20-8-4-3-5-9-20/h3-15,25,29H,2,16-19H2,1H3,(H,28,32)/t25-/m0/s1. The first kappa shape index (κ1) is 26.2. The van der Waals surface area contributed by atoms with E-state index in [1.165, 1.54) is 29.2 Å². The van der Waals surface area contributed by atoms with Crippen LogP contribution in [-0.4, -0.2) is 46.0 Å². The van der Waals surface area contributed by atoms with Crippen molar-refractivity contribution in [1.82, 2.24) is 10.0 Å². The first-order valence-corrected chi connectivity index (χ1v) is 13.5. The molecule has 0 unspecified atom stereocenters. The summed E-state index contributed by atoms with van der Waals surface area (Å²) in [4.78, 5) is 27.6. The van der Waals surface area contributed by atoms with E-state index in [9.17, 15) is 18.0 Å². The van der Waals surface area contributed by atoms with Gasteiger partial charge in [-0.1, -0.05) is 49.4 Å². The van der Waals surface area contributed by atoms with Crippen molar-refractivity contribution in [2.45, 2.75) is 30.9 Å². The van der Waals surface area contributed by atoms with Crippen LogP contribution in [-0.2, 0) is 26.2 Å². The molecule has 9 nitrogen and oxygen atoms in total. The van der Waals surface area contributed by atoms with Gasteiger partial charge in [0.15, 0.2) is 12.7 Å². The number of rotatable bonds is 10. The van der Waals surface area contributed by atoms with Crippen LogP contribution in [0.3, 0.4) is 0 Å². The number of nitrogens with one attached hydrogen (secondary N) is 2. The molecule has 2 N–H and O–H groups in total. The average molecular weight is 524 g/mol. The van der Waals surface area contributed by atoms with Crippen LogP contribution in [0.5, 0.6) is 11.5 Å². The Kier molecular flexibility index (Phi) is 8.42. The van der Waals surface area contributed by atoms with Gasteiger partial charge in [0.2, 0.25) is 10.0 Å². The molecular formula is C27H29N3O6S. The Morgan fingerprint density at radius 3 is 2.43 bits per heavy atom. The van der Waals surface area contributed by atoms with E-state index >= 15 is 0 Å². The summed E-state index contributed by atoms with van der Waals surface area (Å²) in [5, 5.41) is 2.86. The molecule has 0 saturated heterocycles. The normalized spacial score (nSPS) is 14.8. The molecule has 0 spiro atoms. The third-order valence-electron chi connectivity index (χ3n) is 5.72. The van der Waals surface area contributed by atoms with Crippen molar-refractivity contribution in [3.63, 3.8) is 0 Å². The molecule has 3 aromatic rings. The van der Waals surface area contributed by atoms with Gasteiger partial charge in [0.1, 0.15) is 11.5 Å². The zero-order valence-electron chi connectivity index (χ0n) is 20.4. The van der Waals surface area contributed by atoms with Gasteiger partial charge in [0.25, 0.3) is 11.8 Å². The Morgan fingerprint density at radius 2 is 1.70 bits per heavy atom. The van der Waals surface area contributed by atoms with Gasteiger partial charge < -0.3 is 19.7 Å². The predicted molar refractivity (Wildman–Crippen MR) is 139 cm³/mol. The second-order valence-corrected chi connectivity index (χ2v) is 10.2. The van der Waals surface area contributed by atoms with Crippen molar-refractivity contribution in [1.29, 1.82) is 0 Å². The SMILES string of the molecule is CCCNS(=O)(=O)c1ccc(OCC(=O)N2C[C@@H](C(=O)NCc3ccccc3)Oc3ccccc32)cc1. The summed E-state index contributed by atoms with van der Waals surface area (Å²) in [7, 11) is -3.59. The van der Waals surface area contributed by atoms with E-state index in [0.717, 1.165) is 5.56 Å². The van der Waals surface area contributed by atoms with Crippen LogP contribution in [0.4, 0.5) is 5.69 Å². The van der Waals surface area contributed by atoms with E-state index < -0.39 is 16.1 Å². The van der Waals surface area contributed by atoms with Gasteiger partial charge in [-0.3, -0.25) is 9.59 Å². The van der Waals surface area contributed by atoms with Crippen LogP contribution >= 0.6 is 0 Å². The molecule has 3 aromatic carbocycles. The van der Waals surface area contributed by atoms with Crippen molar-refractivity contribution >= 4 is 27.5 Å². The number of nitrogens with zero attached hydrogens (tertiary/aromatic N) is 1. The Labute approximate surface area is 216 Å². The minimum Gasteiger partial charge on any atom is -0.484 e. The summed E-state index contributed by atoms with van der Waals surface area (Å²) in [6.07, 6.45) is -0.203. The third kappa shape index (κ3) is 6.66. The topological polar surface area (TPSA) is 114 Å². The smallest absolute Gasteiger partial charge is 0.265 e. The van der Waals surface area contributed by atoms with E-state index in [0.29, 0.717) is 36.7 Å². The summed E-state index contributed by atoms with van der Waals surface area (Å²) >= 11 is 0. The molecule has 10 heteroatoms. The molecule has 37 heavy (non-hydrogen) atoms. The van der Waals surface area contributed by atoms with Crippen LogP contribution in [0.15, 0.2) is 83.8 Å². The van der Waals surface area contributed by atoms with Crippen molar-refractivity contribution in [3.05, 3.63) is 84.4 Å². The summed E-state index contributed by atoms with van der Waals surface area (Å²) in [6.45, 7) is 2.30. The first-order valence-electron chi connectivity index (χ1n) is 12.0. The lowest BCUT2D eigenvalue weighted by Crippen LogP contribution is -2.51. The molecule has 194 valence electrons. The number of carbonyl (C=O) groups is 2. The van der Waals surface area contributed by atoms with Crippen LogP contribution in [0.1, 0.15) is 18.9 Å². The van der Waals surface area contributed by atoms with E-state index in [-0.39, 0.29) is 29.9 Å². The van der Waals surface area contributed by atoms with Gasteiger partial charge in [0, 0.05) is 13.1 Å². The highest BCUT2D eigenvalue weighted by molar-refractivity contribution is 7.89. The van der Waals surface area contributed by atoms with Crippen molar-refractivity contribution in [3.8, 4) is 11.5 Å². The number of benzene rings is 3. The second-order valence-electron chi connectivity index (χ2n) is 8.44. The highest BCUT2D eigenvalue weighted by Gasteiger charge is 2.33. The van der Waals surface area contributed by atoms with Crippen LogP contribution in [0.25, 0.3) is 0 Å². The lowest BCUT2D eigenvalue weighted by atomic mass is 10.1. The van der Waals surface area contributed by atoms with Crippen LogP contribution in [0.2, 0.25) is 0 Å². The maximum atomic E-state index is 13.1. The van der Waals surface area contributed by atoms with Gasteiger partial charge in [0.05, 0.1) is 17.1 Å². The Morgan fingerprint density at radius 1 is 1.00 bits per heavy atom. The molecular weight excluding hydrogens is 494 g/mol. The number of sulfonamides is 1. The molecule has 0 aromatic heterocycles. The molecule has 1 aliphatic rings. The average Bonchev–Trinajstić information content (AvgIpc) is 2.93. The molecule has 1 atom stereocenters. The van der Waals surface area contributed by atoms with E-state index in [4.69, 9.17) is 9.47 Å². The number of amides is 2. The lowest BCUT2D eigenvalue weighted by molar-refractivity contribution is -0.128. The Bertz CT molecular complexity index is 1330. The van der Waals surface area contributed by atoms with Gasteiger partial charge >= 0.3 is 0 Å². The van der Waals surface area contributed by atoms with Crippen molar-refractivity contribution in [2.24, 2.45) is 0 Å². The van der Waals surface area contributed by atoms with E-state index in [1.54, 1.807) is 24.3 Å². The molecule has 0 bridgehead atoms. The minimum atomic E-state index is -3.59. The van der Waals surface area contributed by atoms with Gasteiger partial charge in [-0.2, -0.15) is 0 Å². The fourth-order valence-electron chi connectivity index (χ4n) is 3.76. The fourth-order valence-corrected chi connectivity index (χ4v) is 4.90. The maximum absolute atomic E-state index is 13.1. The summed E-state index contributed by atoms with van der Waals surface area (Å²) < 4.78 is 38.5. The van der Waals surface area contributed by atoms with Gasteiger partial charge in [-0.05, 0) is 48.4 Å². The summed E-state index contributed by atoms with van der Waals surface area (Å²) in [5.41, 5.74) is 1.50. The first-order chi connectivity index (χ1) is 17.9. The van der Waals surface area contributed by atoms with Crippen LogP contribution < -0.4 is 24.4 Å². The number of para-hydroxylation sites is 2. The summed E-state index contributed by atoms with van der Waals surface area (Å²) in [5.74, 6) is 0.0843. The fraction of sp³-hybridized carbons (Fsp3) is 0.259. The predicted octanol–water partition coefficient (Wildman–Crippen LogP) is 2.86. The highest BCUT2D eigenvalue weighted by Crippen LogP contribution is 2.33. The number of hydrogen-bond acceptors (Lipinski definition) is 6. The van der Waals surface area contributed by atoms with Gasteiger partial charge in [-0.25, -0.2) is 13.1 Å². The highest BCUT2D eigenvalue weighted by atomic mass is 32.2. The molecule has 4 rings (SSSR count). The second kappa shape index (κ2) is 11.9. The monoisotopic (exact) mass is 523 g/mol. The number of hydrogen-bond donors (Lipinski definition) is 2. The molecule has 1 aliphatic heterocycles. The number of anilines is 1. The maximum Gasteiger partial charge on any atom is 0.265 e. The number of fused-ring (bicyclic) bond motifs is 1. The number of carbonyl (C=O) groups excluding carboxylic acids is 2. The number of ether oxygens (including phenoxy) is 2. The molecule has 1 heterocycles. The summed E-state index contributed by atoms with van der Waals surface area (Å²) in [6, 6.07) is 22.4. The molecule has 0 saturated carbocycles. The third-order valence-corrected chi connectivity index (χ3v) is 7.19. The van der Waals surface area contributed by atoms with E-state index in [2.05, 4.69) is 10.0 Å². The lowest BCUT2D eigenvalue weighted by Gasteiger charge is -2.34. The Balaban J connectivity index is 1.40. The molecule has 0 aliphatic carbocycles. The van der Waals surface area contributed by atoms with Gasteiger partial charge in [-0.15, -0.1) is 0 Å². The van der Waals surface area contributed by atoms with Crippen LogP contribution in [0, 0.1) is 0 Å². The molecule has 0 radical (unpaired) electrons. The zero-order chi connectivity index (χ0) is 26.3. The quantitative estimate of drug-likeness (QED) is 0.423. The van der Waals surface area contributed by atoms with Crippen molar-refractivity contribution in [2.75, 3.05) is 24.6 Å². The molecule has 0 fully saturated rings. The van der Waals surface area contributed by atoms with E-state index in [1.807, 2.05) is 37.3 Å². The Hall–Kier alpha value is -3.89. The largest absolute Gasteiger partial charge is 0.484 e.